The normalized spacial score (nSPS) is 25.0. The topological polar surface area (TPSA) is 13.0 Å². The Morgan fingerprint density at radius 1 is 0.419 bits per heavy atom. The summed E-state index contributed by atoms with van der Waals surface area (Å²) < 4.78 is 0. The molecule has 31 heavy (non-hydrogen) atoms. The molecule has 4 rings (SSSR count). The van der Waals surface area contributed by atoms with Gasteiger partial charge in [-0.2, -0.15) is 0 Å². The SMILES string of the molecule is c1ccc(CN2CCCN3CCCN(CCCN(Cc4ccccc4)CC3)CC2)cc1. The smallest absolute Gasteiger partial charge is 0.0234 e. The highest BCUT2D eigenvalue weighted by molar-refractivity contribution is 5.15. The molecule has 4 nitrogen and oxygen atoms in total. The van der Waals surface area contributed by atoms with Crippen LogP contribution in [0.3, 0.4) is 0 Å². The van der Waals surface area contributed by atoms with Gasteiger partial charge < -0.3 is 9.80 Å². The predicted molar refractivity (Wildman–Crippen MR) is 130 cm³/mol. The molecule has 2 heterocycles. The van der Waals surface area contributed by atoms with Crippen LogP contribution in [0.25, 0.3) is 0 Å². The standard InChI is InChI=1S/C27H40N4/c1-3-10-26(11-4-1)24-30-18-8-16-29-15-7-14-28(20-22-30)17-9-19-31(23-21-29)25-27-12-5-2-6-13-27/h1-6,10-13H,7-9,14-25H2. The minimum atomic E-state index is 1.08. The Morgan fingerprint density at radius 2 is 0.806 bits per heavy atom. The second kappa shape index (κ2) is 12.4. The Labute approximate surface area is 189 Å². The molecule has 2 saturated heterocycles. The molecule has 2 aliphatic rings. The highest BCUT2D eigenvalue weighted by Gasteiger charge is 2.17. The van der Waals surface area contributed by atoms with E-state index in [4.69, 9.17) is 0 Å². The van der Waals surface area contributed by atoms with E-state index in [2.05, 4.69) is 80.3 Å². The van der Waals surface area contributed by atoms with Gasteiger partial charge in [-0.05, 0) is 69.7 Å². The van der Waals surface area contributed by atoms with Crippen LogP contribution in [0, 0.1) is 0 Å². The molecular weight excluding hydrogens is 380 g/mol. The molecule has 2 aliphatic heterocycles. The summed E-state index contributed by atoms with van der Waals surface area (Å²) in [4.78, 5) is 10.8. The Kier molecular flexibility index (Phi) is 8.95. The van der Waals surface area contributed by atoms with Crippen LogP contribution in [0.15, 0.2) is 60.7 Å². The van der Waals surface area contributed by atoms with Crippen LogP contribution in [-0.4, -0.2) is 85.0 Å². The first kappa shape index (κ1) is 22.5. The van der Waals surface area contributed by atoms with Gasteiger partial charge in [0.25, 0.3) is 0 Å². The van der Waals surface area contributed by atoms with Crippen molar-refractivity contribution >= 4 is 0 Å². The molecule has 0 aromatic heterocycles. The summed E-state index contributed by atoms with van der Waals surface area (Å²) in [7, 11) is 0. The van der Waals surface area contributed by atoms with Crippen molar-refractivity contribution in [1.29, 1.82) is 0 Å². The van der Waals surface area contributed by atoms with E-state index in [1.54, 1.807) is 0 Å². The first-order valence-electron chi connectivity index (χ1n) is 12.3. The maximum Gasteiger partial charge on any atom is 0.0234 e. The van der Waals surface area contributed by atoms with Gasteiger partial charge in [0.15, 0.2) is 0 Å². The van der Waals surface area contributed by atoms with Gasteiger partial charge in [0.2, 0.25) is 0 Å². The van der Waals surface area contributed by atoms with Gasteiger partial charge in [-0.25, -0.2) is 0 Å². The molecule has 2 fully saturated rings. The fourth-order valence-electron chi connectivity index (χ4n) is 5.01. The molecule has 2 unspecified atom stereocenters. The van der Waals surface area contributed by atoms with Gasteiger partial charge in [0, 0.05) is 39.3 Å². The van der Waals surface area contributed by atoms with Crippen LogP contribution in [0.5, 0.6) is 0 Å². The van der Waals surface area contributed by atoms with Crippen molar-refractivity contribution < 1.29 is 0 Å². The number of hydrogen-bond acceptors (Lipinski definition) is 4. The summed E-state index contributed by atoms with van der Waals surface area (Å²) in [6.07, 6.45) is 3.84. The van der Waals surface area contributed by atoms with Crippen LogP contribution in [-0.2, 0) is 13.1 Å². The lowest BCUT2D eigenvalue weighted by atomic mass is 10.2. The van der Waals surface area contributed by atoms with Crippen molar-refractivity contribution in [2.45, 2.75) is 32.4 Å². The monoisotopic (exact) mass is 420 g/mol. The first-order valence-corrected chi connectivity index (χ1v) is 12.3. The summed E-state index contributed by atoms with van der Waals surface area (Å²) >= 11 is 0. The molecule has 0 aliphatic carbocycles. The molecule has 2 bridgehead atoms. The molecule has 0 saturated carbocycles. The van der Waals surface area contributed by atoms with E-state index >= 15 is 0 Å². The maximum absolute atomic E-state index is 2.73. The van der Waals surface area contributed by atoms with Gasteiger partial charge in [0.1, 0.15) is 0 Å². The van der Waals surface area contributed by atoms with E-state index in [1.807, 2.05) is 0 Å². The summed E-state index contributed by atoms with van der Waals surface area (Å²) in [6, 6.07) is 22.0. The van der Waals surface area contributed by atoms with Crippen LogP contribution in [0.1, 0.15) is 30.4 Å². The van der Waals surface area contributed by atoms with Crippen molar-refractivity contribution in [2.75, 3.05) is 65.4 Å². The summed E-state index contributed by atoms with van der Waals surface area (Å²) in [5.41, 5.74) is 2.89. The quantitative estimate of drug-likeness (QED) is 0.746. The van der Waals surface area contributed by atoms with Crippen LogP contribution in [0.4, 0.5) is 0 Å². The Bertz CT molecular complexity index is 672. The highest BCUT2D eigenvalue weighted by atomic mass is 15.2. The number of rotatable bonds is 4. The zero-order chi connectivity index (χ0) is 21.1. The van der Waals surface area contributed by atoms with Gasteiger partial charge in [0.05, 0.1) is 0 Å². The number of benzene rings is 2. The van der Waals surface area contributed by atoms with Crippen molar-refractivity contribution in [3.63, 3.8) is 0 Å². The molecule has 2 atom stereocenters. The summed E-state index contributed by atoms with van der Waals surface area (Å²) in [6.45, 7) is 14.3. The second-order valence-electron chi connectivity index (χ2n) is 9.27. The van der Waals surface area contributed by atoms with Crippen molar-refractivity contribution in [3.8, 4) is 0 Å². The van der Waals surface area contributed by atoms with Gasteiger partial charge in [-0.3, -0.25) is 9.80 Å². The third-order valence-corrected chi connectivity index (χ3v) is 6.81. The average Bonchev–Trinajstić information content (AvgIpc) is 2.87. The van der Waals surface area contributed by atoms with E-state index in [1.165, 1.54) is 95.8 Å². The molecule has 0 amide bonds. The summed E-state index contributed by atoms with van der Waals surface area (Å²) in [5.74, 6) is 0. The molecule has 2 aromatic carbocycles. The van der Waals surface area contributed by atoms with Crippen molar-refractivity contribution in [2.24, 2.45) is 0 Å². The number of hydrogen-bond donors (Lipinski definition) is 0. The van der Waals surface area contributed by atoms with Crippen LogP contribution in [0.2, 0.25) is 0 Å². The minimum absolute atomic E-state index is 1.08. The van der Waals surface area contributed by atoms with Crippen molar-refractivity contribution in [1.82, 2.24) is 19.6 Å². The van der Waals surface area contributed by atoms with E-state index in [9.17, 15) is 0 Å². The Balaban J connectivity index is 1.39. The maximum atomic E-state index is 2.73. The molecule has 2 aromatic rings. The zero-order valence-electron chi connectivity index (χ0n) is 19.2. The lowest BCUT2D eigenvalue weighted by molar-refractivity contribution is 0.173. The fraction of sp³-hybridized carbons (Fsp3) is 0.556. The number of fused-ring (bicyclic) bond motifs is 4. The molecule has 4 heteroatoms. The fourth-order valence-corrected chi connectivity index (χ4v) is 5.01. The van der Waals surface area contributed by atoms with Crippen LogP contribution < -0.4 is 0 Å². The average molecular weight is 421 g/mol. The largest absolute Gasteiger partial charge is 0.302 e. The minimum Gasteiger partial charge on any atom is -0.302 e. The zero-order valence-corrected chi connectivity index (χ0v) is 19.2. The second-order valence-corrected chi connectivity index (χ2v) is 9.27. The summed E-state index contributed by atoms with van der Waals surface area (Å²) in [5, 5.41) is 0. The predicted octanol–water partition coefficient (Wildman–Crippen LogP) is 3.79. The lowest BCUT2D eigenvalue weighted by Crippen LogP contribution is -2.39. The molecule has 0 radical (unpaired) electrons. The molecule has 168 valence electrons. The van der Waals surface area contributed by atoms with E-state index in [0.717, 1.165) is 13.1 Å². The van der Waals surface area contributed by atoms with E-state index < -0.39 is 0 Å². The third kappa shape index (κ3) is 7.73. The lowest BCUT2D eigenvalue weighted by Gasteiger charge is -2.30. The third-order valence-electron chi connectivity index (χ3n) is 6.81. The van der Waals surface area contributed by atoms with Crippen molar-refractivity contribution in [3.05, 3.63) is 71.8 Å². The Hall–Kier alpha value is -1.72. The molecule has 0 spiro atoms. The van der Waals surface area contributed by atoms with Crippen LogP contribution >= 0.6 is 0 Å². The van der Waals surface area contributed by atoms with Gasteiger partial charge in [-0.1, -0.05) is 60.7 Å². The Morgan fingerprint density at radius 3 is 1.23 bits per heavy atom. The number of nitrogens with zero attached hydrogens (tertiary/aromatic N) is 4. The van der Waals surface area contributed by atoms with Gasteiger partial charge in [-0.15, -0.1) is 0 Å². The van der Waals surface area contributed by atoms with E-state index in [-0.39, 0.29) is 0 Å². The van der Waals surface area contributed by atoms with E-state index in [0.29, 0.717) is 0 Å². The molecular formula is C27H40N4. The molecule has 0 N–H and O–H groups in total. The first-order chi connectivity index (χ1) is 15.3. The van der Waals surface area contributed by atoms with Gasteiger partial charge >= 0.3 is 0 Å². The highest BCUT2D eigenvalue weighted by Crippen LogP contribution is 2.11.